The van der Waals surface area contributed by atoms with E-state index in [1.54, 1.807) is 11.5 Å². The third-order valence-electron chi connectivity index (χ3n) is 2.40. The van der Waals surface area contributed by atoms with Gasteiger partial charge in [-0.1, -0.05) is 6.92 Å². The molecular formula is C11H18N2O2. The molecule has 0 aromatic carbocycles. The van der Waals surface area contributed by atoms with Gasteiger partial charge in [0.2, 0.25) is 0 Å². The second kappa shape index (κ2) is 4.47. The molecule has 0 N–H and O–H groups in total. The van der Waals surface area contributed by atoms with Crippen LogP contribution in [0.15, 0.2) is 15.7 Å². The Hall–Kier alpha value is -1.32. The molecule has 4 heteroatoms. The summed E-state index contributed by atoms with van der Waals surface area (Å²) < 4.78 is 2.95. The maximum Gasteiger partial charge on any atom is 0.331 e. The number of hydrogen-bond acceptors (Lipinski definition) is 2. The van der Waals surface area contributed by atoms with Crippen LogP contribution in [0.2, 0.25) is 0 Å². The van der Waals surface area contributed by atoms with E-state index in [0.717, 1.165) is 12.1 Å². The van der Waals surface area contributed by atoms with Gasteiger partial charge in [-0.2, -0.15) is 0 Å². The summed E-state index contributed by atoms with van der Waals surface area (Å²) in [7, 11) is 0. The molecule has 0 aliphatic carbocycles. The van der Waals surface area contributed by atoms with Gasteiger partial charge >= 0.3 is 5.69 Å². The zero-order valence-electron chi connectivity index (χ0n) is 9.78. The van der Waals surface area contributed by atoms with E-state index in [1.165, 1.54) is 10.6 Å². The minimum absolute atomic E-state index is 0.0892. The zero-order valence-corrected chi connectivity index (χ0v) is 9.78. The molecule has 0 saturated carbocycles. The topological polar surface area (TPSA) is 44.0 Å². The Morgan fingerprint density at radius 1 is 1.33 bits per heavy atom. The van der Waals surface area contributed by atoms with Crippen LogP contribution in [-0.4, -0.2) is 9.13 Å². The first-order chi connectivity index (χ1) is 6.99. The first-order valence-corrected chi connectivity index (χ1v) is 5.32. The lowest BCUT2D eigenvalue weighted by atomic mass is 10.3. The van der Waals surface area contributed by atoms with Crippen LogP contribution in [-0.2, 0) is 6.54 Å². The fourth-order valence-corrected chi connectivity index (χ4v) is 1.67. The molecule has 0 bridgehead atoms. The predicted molar refractivity (Wildman–Crippen MR) is 60.4 cm³/mol. The average molecular weight is 210 g/mol. The Morgan fingerprint density at radius 3 is 2.40 bits per heavy atom. The van der Waals surface area contributed by atoms with Crippen LogP contribution in [0, 0.1) is 6.92 Å². The highest BCUT2D eigenvalue weighted by molar-refractivity contribution is 5.00. The quantitative estimate of drug-likeness (QED) is 0.755. The third kappa shape index (κ3) is 2.19. The number of rotatable bonds is 3. The molecule has 0 amide bonds. The molecule has 0 radical (unpaired) electrons. The van der Waals surface area contributed by atoms with E-state index >= 15 is 0 Å². The van der Waals surface area contributed by atoms with Crippen molar-refractivity contribution in [2.75, 3.05) is 0 Å². The summed E-state index contributed by atoms with van der Waals surface area (Å²) in [5, 5.41) is 0. The zero-order chi connectivity index (χ0) is 11.6. The van der Waals surface area contributed by atoms with Crippen LogP contribution in [0.3, 0.4) is 0 Å². The van der Waals surface area contributed by atoms with Gasteiger partial charge in [0.25, 0.3) is 5.56 Å². The molecule has 4 nitrogen and oxygen atoms in total. The molecule has 15 heavy (non-hydrogen) atoms. The van der Waals surface area contributed by atoms with Crippen LogP contribution in [0.5, 0.6) is 0 Å². The monoisotopic (exact) mass is 210 g/mol. The molecule has 0 spiro atoms. The molecule has 1 rings (SSSR count). The van der Waals surface area contributed by atoms with Crippen molar-refractivity contribution in [2.24, 2.45) is 0 Å². The molecule has 0 aliphatic heterocycles. The fourth-order valence-electron chi connectivity index (χ4n) is 1.67. The summed E-state index contributed by atoms with van der Waals surface area (Å²) in [6.07, 6.45) is 0.886. The Morgan fingerprint density at radius 2 is 1.93 bits per heavy atom. The van der Waals surface area contributed by atoms with E-state index in [4.69, 9.17) is 0 Å². The Bertz CT molecular complexity index is 455. The second-order valence-corrected chi connectivity index (χ2v) is 4.02. The van der Waals surface area contributed by atoms with Gasteiger partial charge in [-0.15, -0.1) is 0 Å². The molecule has 84 valence electrons. The van der Waals surface area contributed by atoms with Crippen LogP contribution >= 0.6 is 0 Å². The second-order valence-electron chi connectivity index (χ2n) is 4.02. The van der Waals surface area contributed by atoms with E-state index in [-0.39, 0.29) is 17.3 Å². The molecule has 1 heterocycles. The number of nitrogens with zero attached hydrogens (tertiary/aromatic N) is 2. The van der Waals surface area contributed by atoms with Crippen LogP contribution in [0.25, 0.3) is 0 Å². The van der Waals surface area contributed by atoms with Gasteiger partial charge in [0.1, 0.15) is 0 Å². The van der Waals surface area contributed by atoms with Crippen LogP contribution < -0.4 is 11.2 Å². The fraction of sp³-hybridized carbons (Fsp3) is 0.636. The van der Waals surface area contributed by atoms with E-state index in [2.05, 4.69) is 0 Å². The van der Waals surface area contributed by atoms with Crippen molar-refractivity contribution in [1.82, 2.24) is 9.13 Å². The third-order valence-corrected chi connectivity index (χ3v) is 2.40. The normalized spacial score (nSPS) is 11.0. The Labute approximate surface area is 89.2 Å². The van der Waals surface area contributed by atoms with Gasteiger partial charge in [-0.25, -0.2) is 4.79 Å². The Balaban J connectivity index is 3.50. The molecule has 1 aromatic heterocycles. The van der Waals surface area contributed by atoms with Gasteiger partial charge in [0.05, 0.1) is 0 Å². The largest absolute Gasteiger partial charge is 0.331 e. The minimum Gasteiger partial charge on any atom is -0.298 e. The van der Waals surface area contributed by atoms with Crippen molar-refractivity contribution in [3.8, 4) is 0 Å². The highest BCUT2D eigenvalue weighted by Crippen LogP contribution is 1.98. The molecule has 0 unspecified atom stereocenters. The van der Waals surface area contributed by atoms with Crippen molar-refractivity contribution < 1.29 is 0 Å². The lowest BCUT2D eigenvalue weighted by Gasteiger charge is -2.14. The van der Waals surface area contributed by atoms with Crippen molar-refractivity contribution in [2.45, 2.75) is 46.7 Å². The van der Waals surface area contributed by atoms with Crippen molar-refractivity contribution in [3.63, 3.8) is 0 Å². The Kier molecular flexibility index (Phi) is 3.50. The molecule has 0 aliphatic rings. The molecule has 1 aromatic rings. The van der Waals surface area contributed by atoms with Gasteiger partial charge in [0.15, 0.2) is 0 Å². The lowest BCUT2D eigenvalue weighted by Crippen LogP contribution is -2.41. The van der Waals surface area contributed by atoms with E-state index < -0.39 is 0 Å². The van der Waals surface area contributed by atoms with Crippen molar-refractivity contribution in [1.29, 1.82) is 0 Å². The lowest BCUT2D eigenvalue weighted by molar-refractivity contribution is 0.491. The standard InChI is InChI=1S/C11H18N2O2/c1-5-6-12-9(4)7-10(14)13(8(2)3)11(12)15/h7-8H,5-6H2,1-4H3. The summed E-state index contributed by atoms with van der Waals surface area (Å²) in [5.41, 5.74) is 0.334. The summed E-state index contributed by atoms with van der Waals surface area (Å²) in [6, 6.07) is 1.44. The van der Waals surface area contributed by atoms with Crippen molar-refractivity contribution >= 4 is 0 Å². The first kappa shape index (κ1) is 11.8. The van der Waals surface area contributed by atoms with Crippen molar-refractivity contribution in [3.05, 3.63) is 32.6 Å². The molecular weight excluding hydrogens is 192 g/mol. The maximum atomic E-state index is 12.0. The van der Waals surface area contributed by atoms with Crippen LogP contribution in [0.4, 0.5) is 0 Å². The summed E-state index contributed by atoms with van der Waals surface area (Å²) in [4.78, 5) is 23.6. The van der Waals surface area contributed by atoms with E-state index in [1.807, 2.05) is 20.8 Å². The highest BCUT2D eigenvalue weighted by atomic mass is 16.2. The predicted octanol–water partition coefficient (Wildman–Crippen LogP) is 1.31. The van der Waals surface area contributed by atoms with E-state index in [9.17, 15) is 9.59 Å². The number of hydrogen-bond donors (Lipinski definition) is 0. The summed E-state index contributed by atoms with van der Waals surface area (Å²) >= 11 is 0. The summed E-state index contributed by atoms with van der Waals surface area (Å²) in [6.45, 7) is 8.15. The van der Waals surface area contributed by atoms with Gasteiger partial charge in [0, 0.05) is 24.3 Å². The molecule has 0 fully saturated rings. The van der Waals surface area contributed by atoms with Gasteiger partial charge < -0.3 is 0 Å². The molecule has 0 atom stereocenters. The maximum absolute atomic E-state index is 12.0. The van der Waals surface area contributed by atoms with Gasteiger partial charge in [-0.3, -0.25) is 13.9 Å². The van der Waals surface area contributed by atoms with E-state index in [0.29, 0.717) is 6.54 Å². The first-order valence-electron chi connectivity index (χ1n) is 5.32. The SMILES string of the molecule is CCCn1c(C)cc(=O)n(C(C)C)c1=O. The average Bonchev–Trinajstić information content (AvgIpc) is 2.11. The number of aryl methyl sites for hydroxylation is 1. The molecule has 0 saturated heterocycles. The minimum atomic E-state index is -0.208. The van der Waals surface area contributed by atoms with Crippen LogP contribution in [0.1, 0.15) is 38.9 Å². The highest BCUT2D eigenvalue weighted by Gasteiger charge is 2.10. The van der Waals surface area contributed by atoms with Gasteiger partial charge in [-0.05, 0) is 27.2 Å². The summed E-state index contributed by atoms with van der Waals surface area (Å²) in [5.74, 6) is 0. The number of aromatic nitrogens is 2. The smallest absolute Gasteiger partial charge is 0.298 e.